The minimum atomic E-state index is -0.428. The molecule has 1 amide bonds. The number of ether oxygens (including phenoxy) is 1. The highest BCUT2D eigenvalue weighted by molar-refractivity contribution is 8.13. The Bertz CT molecular complexity index is 332. The Morgan fingerprint density at radius 3 is 2.74 bits per heavy atom. The van der Waals surface area contributed by atoms with Gasteiger partial charge in [-0.2, -0.15) is 11.8 Å². The number of amides is 1. The molecule has 0 aromatic carbocycles. The number of nitrogens with zero attached hydrogens (tertiary/aromatic N) is 1. The van der Waals surface area contributed by atoms with E-state index >= 15 is 0 Å². The molecule has 3 unspecified atom stereocenters. The molecule has 0 N–H and O–H groups in total. The maximum Gasteiger partial charge on any atom is 0.410 e. The van der Waals surface area contributed by atoms with Gasteiger partial charge in [0.05, 0.1) is 17.2 Å². The molecule has 110 valence electrons. The summed E-state index contributed by atoms with van der Waals surface area (Å²) < 4.78 is 11.3. The molecule has 2 saturated heterocycles. The van der Waals surface area contributed by atoms with E-state index in [1.54, 1.807) is 11.8 Å². The lowest BCUT2D eigenvalue weighted by Gasteiger charge is -2.28. The first-order chi connectivity index (χ1) is 8.92. The van der Waals surface area contributed by atoms with Crippen molar-refractivity contribution in [2.45, 2.75) is 63.8 Å². The van der Waals surface area contributed by atoms with Crippen LogP contribution in [0.5, 0.6) is 0 Å². The van der Waals surface area contributed by atoms with Gasteiger partial charge in [0, 0.05) is 18.1 Å². The molecule has 2 bridgehead atoms. The molecule has 2 rings (SSSR count). The molecule has 2 aliphatic heterocycles. The summed E-state index contributed by atoms with van der Waals surface area (Å²) in [7, 11) is 0. The van der Waals surface area contributed by atoms with Gasteiger partial charge in [0.25, 0.3) is 0 Å². The van der Waals surface area contributed by atoms with Crippen LogP contribution in [0.25, 0.3) is 0 Å². The van der Waals surface area contributed by atoms with E-state index in [1.807, 2.05) is 25.7 Å². The van der Waals surface area contributed by atoms with E-state index in [-0.39, 0.29) is 18.2 Å². The second kappa shape index (κ2) is 6.14. The second-order valence-electron chi connectivity index (χ2n) is 6.08. The van der Waals surface area contributed by atoms with Crippen LogP contribution < -0.4 is 0 Å². The number of hydrogen-bond donors (Lipinski definition) is 0. The Balaban J connectivity index is 1.91. The highest BCUT2D eigenvalue weighted by Crippen LogP contribution is 2.41. The molecule has 0 aliphatic carbocycles. The van der Waals surface area contributed by atoms with E-state index in [9.17, 15) is 4.79 Å². The standard InChI is InChI=1S/C13H23NO3S2/c1-13(2,3)16-12(15)14-9-5-6-10(14)11(7-9)17-19-8-18-4/h9-11H,5-8H2,1-4H3. The van der Waals surface area contributed by atoms with Crippen LogP contribution in [-0.4, -0.2) is 46.1 Å². The minimum absolute atomic E-state index is 0.170. The summed E-state index contributed by atoms with van der Waals surface area (Å²) in [5.74, 6) is 0. The van der Waals surface area contributed by atoms with Gasteiger partial charge in [-0.1, -0.05) is 0 Å². The Hall–Kier alpha value is -0.0700. The molecule has 6 heteroatoms. The van der Waals surface area contributed by atoms with Gasteiger partial charge in [-0.3, -0.25) is 4.90 Å². The van der Waals surface area contributed by atoms with Crippen molar-refractivity contribution in [3.05, 3.63) is 0 Å². The lowest BCUT2D eigenvalue weighted by Crippen LogP contribution is -2.41. The number of hydrogen-bond acceptors (Lipinski definition) is 5. The molecular weight excluding hydrogens is 282 g/mol. The first-order valence-electron chi connectivity index (χ1n) is 6.71. The fraction of sp³-hybridized carbons (Fsp3) is 0.923. The van der Waals surface area contributed by atoms with Crippen molar-refractivity contribution in [1.82, 2.24) is 4.90 Å². The lowest BCUT2D eigenvalue weighted by molar-refractivity contribution is 0.0188. The van der Waals surface area contributed by atoms with Crippen LogP contribution in [-0.2, 0) is 8.92 Å². The molecule has 0 aromatic rings. The molecule has 3 atom stereocenters. The maximum atomic E-state index is 12.2. The van der Waals surface area contributed by atoms with E-state index in [4.69, 9.17) is 8.92 Å². The largest absolute Gasteiger partial charge is 0.444 e. The van der Waals surface area contributed by atoms with Crippen LogP contribution in [0.1, 0.15) is 40.0 Å². The highest BCUT2D eigenvalue weighted by Gasteiger charge is 2.50. The molecule has 19 heavy (non-hydrogen) atoms. The summed E-state index contributed by atoms with van der Waals surface area (Å²) in [6, 6.07) is 0.508. The molecule has 0 spiro atoms. The summed E-state index contributed by atoms with van der Waals surface area (Å²) in [5, 5.41) is 0.931. The molecule has 2 fully saturated rings. The number of carbonyl (C=O) groups is 1. The summed E-state index contributed by atoms with van der Waals surface area (Å²) in [6.07, 6.45) is 5.12. The van der Waals surface area contributed by atoms with Crippen molar-refractivity contribution in [2.75, 3.05) is 11.3 Å². The molecule has 2 heterocycles. The third-order valence-corrected chi connectivity index (χ3v) is 5.15. The molecule has 2 aliphatic rings. The van der Waals surface area contributed by atoms with Gasteiger partial charge in [-0.05, 0) is 46.3 Å². The molecular formula is C13H23NO3S2. The van der Waals surface area contributed by atoms with Crippen LogP contribution in [0.3, 0.4) is 0 Å². The average Bonchev–Trinajstić information content (AvgIpc) is 2.84. The van der Waals surface area contributed by atoms with Crippen LogP contribution in [0, 0.1) is 0 Å². The molecule has 0 aromatic heterocycles. The first kappa shape index (κ1) is 15.3. The number of carbonyl (C=O) groups excluding carboxylic acids is 1. The van der Waals surface area contributed by atoms with Crippen molar-refractivity contribution in [1.29, 1.82) is 0 Å². The summed E-state index contributed by atoms with van der Waals surface area (Å²) >= 11 is 3.25. The van der Waals surface area contributed by atoms with Crippen molar-refractivity contribution in [3.63, 3.8) is 0 Å². The van der Waals surface area contributed by atoms with Crippen LogP contribution in [0.15, 0.2) is 0 Å². The zero-order chi connectivity index (χ0) is 14.0. The second-order valence-corrected chi connectivity index (χ2v) is 8.03. The first-order valence-corrected chi connectivity index (χ1v) is 9.01. The van der Waals surface area contributed by atoms with Gasteiger partial charge in [-0.25, -0.2) is 4.79 Å². The normalized spacial score (nSPS) is 29.9. The summed E-state index contributed by atoms with van der Waals surface area (Å²) in [6.45, 7) is 5.72. The van der Waals surface area contributed by atoms with E-state index in [1.165, 1.54) is 12.0 Å². The van der Waals surface area contributed by atoms with Gasteiger partial charge in [0.1, 0.15) is 5.60 Å². The Kier molecular flexibility index (Phi) is 4.95. The topological polar surface area (TPSA) is 38.8 Å². The average molecular weight is 305 g/mol. The zero-order valence-corrected chi connectivity index (χ0v) is 13.7. The number of rotatable bonds is 4. The fourth-order valence-electron chi connectivity index (χ4n) is 2.80. The van der Waals surface area contributed by atoms with Crippen LogP contribution in [0.2, 0.25) is 0 Å². The predicted octanol–water partition coefficient (Wildman–Crippen LogP) is 3.51. The van der Waals surface area contributed by atoms with Gasteiger partial charge < -0.3 is 8.92 Å². The van der Waals surface area contributed by atoms with Crippen molar-refractivity contribution < 1.29 is 13.7 Å². The predicted molar refractivity (Wildman–Crippen MR) is 80.3 cm³/mol. The maximum absolute atomic E-state index is 12.2. The molecule has 0 radical (unpaired) electrons. The van der Waals surface area contributed by atoms with Gasteiger partial charge in [0.2, 0.25) is 0 Å². The van der Waals surface area contributed by atoms with Gasteiger partial charge >= 0.3 is 6.09 Å². The third kappa shape index (κ3) is 3.73. The van der Waals surface area contributed by atoms with Gasteiger partial charge in [0.15, 0.2) is 0 Å². The summed E-state index contributed by atoms with van der Waals surface area (Å²) in [4.78, 5) is 14.1. The number of thioether (sulfide) groups is 1. The Labute approximate surface area is 124 Å². The Morgan fingerprint density at radius 2 is 2.11 bits per heavy atom. The minimum Gasteiger partial charge on any atom is -0.444 e. The smallest absolute Gasteiger partial charge is 0.410 e. The summed E-state index contributed by atoms with van der Waals surface area (Å²) in [5.41, 5.74) is -0.428. The van der Waals surface area contributed by atoms with Crippen molar-refractivity contribution >= 4 is 29.9 Å². The Morgan fingerprint density at radius 1 is 1.37 bits per heavy atom. The lowest BCUT2D eigenvalue weighted by atomic mass is 9.98. The van der Waals surface area contributed by atoms with E-state index in [2.05, 4.69) is 6.26 Å². The van der Waals surface area contributed by atoms with Gasteiger partial charge in [-0.15, -0.1) is 0 Å². The SMILES string of the molecule is CSCSOC1CC2CCC1N2C(=O)OC(C)(C)C. The monoisotopic (exact) mass is 305 g/mol. The zero-order valence-electron chi connectivity index (χ0n) is 12.0. The van der Waals surface area contributed by atoms with Crippen LogP contribution in [0.4, 0.5) is 4.79 Å². The quantitative estimate of drug-likeness (QED) is 0.451. The van der Waals surface area contributed by atoms with Crippen molar-refractivity contribution in [2.24, 2.45) is 0 Å². The number of fused-ring (bicyclic) bond motifs is 2. The third-order valence-electron chi connectivity index (χ3n) is 3.44. The van der Waals surface area contributed by atoms with Crippen molar-refractivity contribution in [3.8, 4) is 0 Å². The van der Waals surface area contributed by atoms with E-state index in [0.717, 1.165) is 24.3 Å². The fourth-order valence-corrected chi connectivity index (χ4v) is 3.79. The molecule has 0 saturated carbocycles. The van der Waals surface area contributed by atoms with Crippen LogP contribution >= 0.6 is 23.8 Å². The molecule has 4 nitrogen and oxygen atoms in total. The highest BCUT2D eigenvalue weighted by atomic mass is 32.2. The van der Waals surface area contributed by atoms with E-state index < -0.39 is 5.60 Å². The van der Waals surface area contributed by atoms with E-state index in [0.29, 0.717) is 6.04 Å².